The zero-order chi connectivity index (χ0) is 16.1. The minimum atomic E-state index is -0.639. The summed E-state index contributed by atoms with van der Waals surface area (Å²) >= 11 is 0. The standard InChI is InChI=1S/C15H24N4O3/c1-3-4-10-19-14(21)12(13(20)16-15(19)22)11(2)17-18-8-6-5-7-9-18/h21H,3-10H2,1-2H3,(H,16,20,22). The van der Waals surface area contributed by atoms with E-state index in [0.717, 1.165) is 41.9 Å². The lowest BCUT2D eigenvalue weighted by molar-refractivity contribution is -0.911. The molecule has 2 rings (SSSR count). The maximum atomic E-state index is 12.5. The number of piperidine rings is 1. The first-order valence-electron chi connectivity index (χ1n) is 7.99. The van der Waals surface area contributed by atoms with Gasteiger partial charge < -0.3 is 9.67 Å². The Morgan fingerprint density at radius 1 is 1.32 bits per heavy atom. The van der Waals surface area contributed by atoms with Gasteiger partial charge >= 0.3 is 5.69 Å². The Bertz CT molecular complexity index is 654. The predicted octanol–water partition coefficient (Wildman–Crippen LogP) is -0.797. The number of rotatable bonds is 5. The fraction of sp³-hybridized carbons (Fsp3) is 0.667. The quantitative estimate of drug-likeness (QED) is 0.697. The number of aromatic nitrogens is 2. The van der Waals surface area contributed by atoms with Crippen molar-refractivity contribution in [2.24, 2.45) is 5.10 Å². The van der Waals surface area contributed by atoms with E-state index in [1.54, 1.807) is 6.92 Å². The minimum Gasteiger partial charge on any atom is -0.859 e. The molecule has 1 saturated heterocycles. The number of hydrogen-bond acceptors (Lipinski definition) is 4. The van der Waals surface area contributed by atoms with E-state index >= 15 is 0 Å². The van der Waals surface area contributed by atoms with Crippen molar-refractivity contribution in [2.75, 3.05) is 13.1 Å². The van der Waals surface area contributed by atoms with Gasteiger partial charge in [0, 0.05) is 6.54 Å². The van der Waals surface area contributed by atoms with Crippen molar-refractivity contribution in [3.05, 3.63) is 26.4 Å². The van der Waals surface area contributed by atoms with Crippen molar-refractivity contribution >= 4 is 5.71 Å². The van der Waals surface area contributed by atoms with Crippen LogP contribution in [0.15, 0.2) is 14.7 Å². The van der Waals surface area contributed by atoms with Crippen molar-refractivity contribution in [3.8, 4) is 5.88 Å². The Balaban J connectivity index is 2.38. The second-order valence-corrected chi connectivity index (χ2v) is 5.77. The third-order valence-electron chi connectivity index (χ3n) is 4.01. The van der Waals surface area contributed by atoms with Gasteiger partial charge in [-0.25, -0.2) is 9.80 Å². The van der Waals surface area contributed by atoms with Crippen molar-refractivity contribution in [1.82, 2.24) is 9.55 Å². The Labute approximate surface area is 129 Å². The fourth-order valence-corrected chi connectivity index (χ4v) is 2.75. The molecule has 0 spiro atoms. The molecule has 1 aliphatic rings. The van der Waals surface area contributed by atoms with Gasteiger partial charge in [-0.1, -0.05) is 18.4 Å². The molecule has 0 aliphatic carbocycles. The minimum absolute atomic E-state index is 0.00576. The molecule has 0 aromatic carbocycles. The first-order valence-corrected chi connectivity index (χ1v) is 7.99. The first-order chi connectivity index (χ1) is 10.5. The lowest BCUT2D eigenvalue weighted by Gasteiger charge is -2.21. The summed E-state index contributed by atoms with van der Waals surface area (Å²) in [5.41, 5.74) is -0.868. The van der Waals surface area contributed by atoms with E-state index in [-0.39, 0.29) is 5.56 Å². The second kappa shape index (κ2) is 7.40. The summed E-state index contributed by atoms with van der Waals surface area (Å²) in [5.74, 6) is -0.528. The summed E-state index contributed by atoms with van der Waals surface area (Å²) in [4.78, 5) is 26.0. The summed E-state index contributed by atoms with van der Waals surface area (Å²) in [6, 6.07) is 0. The molecule has 0 saturated carbocycles. The zero-order valence-corrected chi connectivity index (χ0v) is 13.3. The number of aromatic amines is 1. The average Bonchev–Trinajstić information content (AvgIpc) is 2.47. The molecule has 1 fully saturated rings. The van der Waals surface area contributed by atoms with Gasteiger partial charge in [0.2, 0.25) is 0 Å². The Hall–Kier alpha value is -1.89. The number of unbranched alkanes of at least 4 members (excludes halogenated alkanes) is 1. The van der Waals surface area contributed by atoms with Gasteiger partial charge in [-0.3, -0.25) is 9.78 Å². The van der Waals surface area contributed by atoms with E-state index in [4.69, 9.17) is 0 Å². The Morgan fingerprint density at radius 2 is 2.00 bits per heavy atom. The normalized spacial score (nSPS) is 16.9. The monoisotopic (exact) mass is 308 g/mol. The largest absolute Gasteiger partial charge is 0.859 e. The van der Waals surface area contributed by atoms with Crippen LogP contribution in [0.3, 0.4) is 0 Å². The molecule has 0 radical (unpaired) electrons. The van der Waals surface area contributed by atoms with Crippen LogP contribution >= 0.6 is 0 Å². The van der Waals surface area contributed by atoms with Crippen LogP contribution in [-0.4, -0.2) is 28.4 Å². The lowest BCUT2D eigenvalue weighted by Crippen LogP contribution is -3.08. The van der Waals surface area contributed by atoms with E-state index in [2.05, 4.69) is 10.1 Å². The van der Waals surface area contributed by atoms with E-state index < -0.39 is 17.1 Å². The third-order valence-corrected chi connectivity index (χ3v) is 4.01. The highest BCUT2D eigenvalue weighted by Crippen LogP contribution is 2.08. The van der Waals surface area contributed by atoms with Gasteiger partial charge in [0.15, 0.2) is 0 Å². The number of hydrogen-bond donors (Lipinski definition) is 2. The highest BCUT2D eigenvalue weighted by molar-refractivity contribution is 5.99. The molecule has 0 unspecified atom stereocenters. The third kappa shape index (κ3) is 3.65. The summed E-state index contributed by atoms with van der Waals surface area (Å²) in [5, 5.41) is 18.0. The van der Waals surface area contributed by atoms with Crippen LogP contribution < -0.4 is 21.4 Å². The topological polar surface area (TPSA) is 94.7 Å². The molecule has 1 aliphatic heterocycles. The summed E-state index contributed by atoms with van der Waals surface area (Å²) in [7, 11) is 0. The number of H-pyrrole nitrogens is 1. The lowest BCUT2D eigenvalue weighted by atomic mass is 10.1. The van der Waals surface area contributed by atoms with Gasteiger partial charge in [0.05, 0.1) is 5.56 Å². The molecule has 0 atom stereocenters. The van der Waals surface area contributed by atoms with Gasteiger partial charge in [-0.05, 0) is 38.5 Å². The molecular weight excluding hydrogens is 284 g/mol. The second-order valence-electron chi connectivity index (χ2n) is 5.77. The predicted molar refractivity (Wildman–Crippen MR) is 82.4 cm³/mol. The maximum Gasteiger partial charge on any atom is 0.327 e. The molecule has 2 heterocycles. The van der Waals surface area contributed by atoms with Gasteiger partial charge in [-0.15, -0.1) is 0 Å². The first kappa shape index (κ1) is 16.5. The number of nitrogens with one attached hydrogen (secondary N) is 2. The van der Waals surface area contributed by atoms with Crippen molar-refractivity contribution in [2.45, 2.75) is 52.5 Å². The van der Waals surface area contributed by atoms with Gasteiger partial charge in [0.1, 0.15) is 18.8 Å². The summed E-state index contributed by atoms with van der Waals surface area (Å²) < 4.78 is 1.10. The van der Waals surface area contributed by atoms with Crippen LogP contribution in [0.2, 0.25) is 0 Å². The SMILES string of the molecule is CCCCn1c([O-])c(C(C)=N[NH+]2CCCCC2)c(=O)[nH]c1=O. The summed E-state index contributed by atoms with van der Waals surface area (Å²) in [6.45, 7) is 5.80. The number of quaternary nitrogens is 1. The molecule has 0 amide bonds. The zero-order valence-electron chi connectivity index (χ0n) is 13.3. The summed E-state index contributed by atoms with van der Waals surface area (Å²) in [6.07, 6.45) is 4.98. The van der Waals surface area contributed by atoms with Gasteiger partial charge in [-0.2, -0.15) is 0 Å². The van der Waals surface area contributed by atoms with E-state index in [0.29, 0.717) is 18.7 Å². The van der Waals surface area contributed by atoms with Crippen LogP contribution in [0.1, 0.15) is 51.5 Å². The van der Waals surface area contributed by atoms with Crippen LogP contribution in [0, 0.1) is 0 Å². The molecule has 122 valence electrons. The Morgan fingerprint density at radius 3 is 2.64 bits per heavy atom. The number of nitrogens with zero attached hydrogens (tertiary/aromatic N) is 2. The fourth-order valence-electron chi connectivity index (χ4n) is 2.75. The Kier molecular flexibility index (Phi) is 5.54. The molecule has 7 heteroatoms. The van der Waals surface area contributed by atoms with Crippen LogP contribution in [0.5, 0.6) is 5.88 Å². The molecule has 1 aromatic heterocycles. The van der Waals surface area contributed by atoms with E-state index in [1.807, 2.05) is 6.92 Å². The molecule has 1 aromatic rings. The van der Waals surface area contributed by atoms with Crippen LogP contribution in [0.4, 0.5) is 0 Å². The van der Waals surface area contributed by atoms with Crippen molar-refractivity contribution in [1.29, 1.82) is 0 Å². The van der Waals surface area contributed by atoms with E-state index in [9.17, 15) is 14.7 Å². The molecule has 7 nitrogen and oxygen atoms in total. The van der Waals surface area contributed by atoms with Crippen molar-refractivity contribution in [3.63, 3.8) is 0 Å². The van der Waals surface area contributed by atoms with E-state index in [1.165, 1.54) is 6.42 Å². The smallest absolute Gasteiger partial charge is 0.327 e. The average molecular weight is 308 g/mol. The maximum absolute atomic E-state index is 12.5. The molecule has 2 N–H and O–H groups in total. The molecule has 22 heavy (non-hydrogen) atoms. The van der Waals surface area contributed by atoms with Crippen LogP contribution in [-0.2, 0) is 6.54 Å². The highest BCUT2D eigenvalue weighted by atomic mass is 16.3. The van der Waals surface area contributed by atoms with Crippen molar-refractivity contribution < 1.29 is 10.1 Å². The van der Waals surface area contributed by atoms with Crippen LogP contribution in [0.25, 0.3) is 0 Å². The molecule has 0 bridgehead atoms. The van der Waals surface area contributed by atoms with Gasteiger partial charge in [0.25, 0.3) is 5.56 Å². The molecular formula is C15H24N4O3. The highest BCUT2D eigenvalue weighted by Gasteiger charge is 2.16.